The van der Waals surface area contributed by atoms with E-state index >= 15 is 0 Å². The minimum Gasteiger partial charge on any atom is -0.399 e. The average Bonchev–Trinajstić information content (AvgIpc) is 2.44. The lowest BCUT2D eigenvalue weighted by Gasteiger charge is -2.08. The van der Waals surface area contributed by atoms with Crippen LogP contribution in [0.3, 0.4) is 0 Å². The summed E-state index contributed by atoms with van der Waals surface area (Å²) in [5.41, 5.74) is 13.7. The van der Waals surface area contributed by atoms with Gasteiger partial charge in [-0.15, -0.1) is 0 Å². The van der Waals surface area contributed by atoms with Crippen LogP contribution in [0, 0.1) is 5.82 Å². The zero-order valence-corrected chi connectivity index (χ0v) is 11.0. The molecule has 2 aromatic rings. The van der Waals surface area contributed by atoms with E-state index in [0.29, 0.717) is 28.3 Å². The Morgan fingerprint density at radius 2 is 2.05 bits per heavy atom. The molecular weight excluding hydrogens is 257 g/mol. The second-order valence-corrected chi connectivity index (χ2v) is 4.10. The van der Waals surface area contributed by atoms with Crippen molar-refractivity contribution in [2.24, 2.45) is 15.7 Å². The van der Waals surface area contributed by atoms with Gasteiger partial charge in [-0.1, -0.05) is 0 Å². The highest BCUT2D eigenvalue weighted by Crippen LogP contribution is 2.25. The van der Waals surface area contributed by atoms with E-state index in [2.05, 4.69) is 21.7 Å². The molecule has 6 heteroatoms. The van der Waals surface area contributed by atoms with Crippen LogP contribution in [-0.2, 0) is 0 Å². The number of benzene rings is 1. The Kier molecular flexibility index (Phi) is 3.74. The second kappa shape index (κ2) is 5.48. The zero-order valence-electron chi connectivity index (χ0n) is 11.0. The summed E-state index contributed by atoms with van der Waals surface area (Å²) in [6, 6.07) is 7.62. The number of aromatic nitrogens is 1. The molecule has 1 aromatic heterocycles. The highest BCUT2D eigenvalue weighted by Gasteiger charge is 2.10. The Hall–Kier alpha value is -2.76. The predicted molar refractivity (Wildman–Crippen MR) is 79.9 cm³/mol. The average molecular weight is 271 g/mol. The molecule has 102 valence electrons. The van der Waals surface area contributed by atoms with E-state index in [4.69, 9.17) is 11.5 Å². The molecule has 0 aliphatic heterocycles. The normalized spacial score (nSPS) is 11.4. The van der Waals surface area contributed by atoms with Gasteiger partial charge in [0.25, 0.3) is 0 Å². The zero-order chi connectivity index (χ0) is 14.7. The molecule has 4 N–H and O–H groups in total. The van der Waals surface area contributed by atoms with Gasteiger partial charge >= 0.3 is 0 Å². The molecule has 0 spiro atoms. The minimum absolute atomic E-state index is 0.235. The number of halogens is 1. The number of hydrogen-bond donors (Lipinski definition) is 2. The number of hydrogen-bond acceptors (Lipinski definition) is 4. The fourth-order valence-electron chi connectivity index (χ4n) is 1.79. The fourth-order valence-corrected chi connectivity index (χ4v) is 1.79. The third-order valence-electron chi connectivity index (χ3n) is 2.74. The lowest BCUT2D eigenvalue weighted by molar-refractivity contribution is 0.629. The highest BCUT2D eigenvalue weighted by atomic mass is 19.1. The summed E-state index contributed by atoms with van der Waals surface area (Å²) >= 11 is 0. The number of nitrogens with zero attached hydrogens (tertiary/aromatic N) is 3. The van der Waals surface area contributed by atoms with Crippen molar-refractivity contribution in [3.05, 3.63) is 41.8 Å². The number of rotatable bonds is 3. The molecule has 0 aliphatic rings. The maximum atomic E-state index is 13.4. The van der Waals surface area contributed by atoms with Crippen molar-refractivity contribution < 1.29 is 4.39 Å². The van der Waals surface area contributed by atoms with Crippen molar-refractivity contribution in [2.75, 3.05) is 12.8 Å². The van der Waals surface area contributed by atoms with Crippen molar-refractivity contribution in [1.29, 1.82) is 0 Å². The van der Waals surface area contributed by atoms with E-state index in [1.165, 1.54) is 12.1 Å². The summed E-state index contributed by atoms with van der Waals surface area (Å²) in [6.07, 6.45) is 0. The van der Waals surface area contributed by atoms with Crippen molar-refractivity contribution >= 4 is 23.9 Å². The Morgan fingerprint density at radius 1 is 1.30 bits per heavy atom. The Labute approximate surface area is 115 Å². The smallest absolute Gasteiger partial charge is 0.146 e. The van der Waals surface area contributed by atoms with Gasteiger partial charge in [0, 0.05) is 18.3 Å². The first-order valence-electron chi connectivity index (χ1n) is 5.82. The molecule has 0 aliphatic carbocycles. The van der Waals surface area contributed by atoms with Gasteiger partial charge in [0.1, 0.15) is 17.3 Å². The van der Waals surface area contributed by atoms with Gasteiger partial charge in [-0.25, -0.2) is 9.37 Å². The van der Waals surface area contributed by atoms with Crippen LogP contribution in [0.4, 0.5) is 15.8 Å². The Bertz CT molecular complexity index is 674. The molecule has 0 saturated heterocycles. The molecule has 0 fully saturated rings. The van der Waals surface area contributed by atoms with Gasteiger partial charge in [-0.3, -0.25) is 9.98 Å². The third kappa shape index (κ3) is 2.64. The van der Waals surface area contributed by atoms with Crippen LogP contribution in [0.1, 0.15) is 5.69 Å². The Balaban J connectivity index is 2.61. The molecule has 20 heavy (non-hydrogen) atoms. The van der Waals surface area contributed by atoms with E-state index in [9.17, 15) is 4.39 Å². The van der Waals surface area contributed by atoms with Crippen molar-refractivity contribution in [3.8, 4) is 11.3 Å². The van der Waals surface area contributed by atoms with Gasteiger partial charge in [0.05, 0.1) is 11.4 Å². The van der Waals surface area contributed by atoms with Crippen LogP contribution in [0.15, 0.2) is 40.3 Å². The third-order valence-corrected chi connectivity index (χ3v) is 2.74. The second-order valence-electron chi connectivity index (χ2n) is 4.10. The van der Waals surface area contributed by atoms with E-state index < -0.39 is 5.82 Å². The van der Waals surface area contributed by atoms with Gasteiger partial charge < -0.3 is 11.5 Å². The molecule has 5 nitrogen and oxygen atoms in total. The topological polar surface area (TPSA) is 89.6 Å². The first kappa shape index (κ1) is 13.7. The van der Waals surface area contributed by atoms with E-state index in [-0.39, 0.29) is 5.84 Å². The standard InChI is InChI=1S/C14H14FN5/c1-18-12-4-3-11(20-13(12)14(17)19-2)8-5-9(15)7-10(16)6-8/h3-7H,1,16H2,2H3,(H2,17,19). The number of pyridine rings is 1. The largest absolute Gasteiger partial charge is 0.399 e. The van der Waals surface area contributed by atoms with Gasteiger partial charge in [-0.2, -0.15) is 0 Å². The molecule has 0 atom stereocenters. The van der Waals surface area contributed by atoms with Gasteiger partial charge in [-0.05, 0) is 37.0 Å². The SMILES string of the molecule is C=Nc1ccc(-c2cc(N)cc(F)c2)nc1/C(N)=N\C. The van der Waals surface area contributed by atoms with Crippen LogP contribution >= 0.6 is 0 Å². The van der Waals surface area contributed by atoms with Crippen molar-refractivity contribution in [1.82, 2.24) is 4.98 Å². The summed E-state index contributed by atoms with van der Waals surface area (Å²) in [5, 5.41) is 0. The summed E-state index contributed by atoms with van der Waals surface area (Å²) in [5.74, 6) is -0.190. The molecule has 0 radical (unpaired) electrons. The van der Waals surface area contributed by atoms with Crippen LogP contribution in [0.5, 0.6) is 0 Å². The van der Waals surface area contributed by atoms with Crippen LogP contribution in [-0.4, -0.2) is 24.6 Å². The van der Waals surface area contributed by atoms with Crippen molar-refractivity contribution in [2.45, 2.75) is 0 Å². The summed E-state index contributed by atoms with van der Waals surface area (Å²) < 4.78 is 13.4. The molecular formula is C14H14FN5. The van der Waals surface area contributed by atoms with Crippen LogP contribution < -0.4 is 11.5 Å². The van der Waals surface area contributed by atoms with Gasteiger partial charge in [0.2, 0.25) is 0 Å². The fraction of sp³-hybridized carbons (Fsp3) is 0.0714. The molecule has 0 bridgehead atoms. The number of nitrogen functional groups attached to an aromatic ring is 1. The maximum absolute atomic E-state index is 13.4. The number of anilines is 1. The van der Waals surface area contributed by atoms with E-state index in [1.807, 2.05) is 0 Å². The highest BCUT2D eigenvalue weighted by molar-refractivity contribution is 6.00. The molecule has 2 rings (SSSR count). The number of amidine groups is 1. The summed E-state index contributed by atoms with van der Waals surface area (Å²) in [6.45, 7) is 3.46. The summed E-state index contributed by atoms with van der Waals surface area (Å²) in [4.78, 5) is 12.1. The molecule has 1 aromatic carbocycles. The van der Waals surface area contributed by atoms with E-state index in [1.54, 1.807) is 25.2 Å². The van der Waals surface area contributed by atoms with Gasteiger partial charge in [0.15, 0.2) is 0 Å². The number of nitrogens with two attached hydrogens (primary N) is 2. The molecule has 0 saturated carbocycles. The molecule has 0 unspecified atom stereocenters. The maximum Gasteiger partial charge on any atom is 0.146 e. The first-order valence-corrected chi connectivity index (χ1v) is 5.82. The lowest BCUT2D eigenvalue weighted by Crippen LogP contribution is -2.15. The first-order chi connectivity index (χ1) is 9.55. The monoisotopic (exact) mass is 271 g/mol. The Morgan fingerprint density at radius 3 is 2.65 bits per heavy atom. The van der Waals surface area contributed by atoms with E-state index in [0.717, 1.165) is 0 Å². The molecule has 1 heterocycles. The predicted octanol–water partition coefficient (Wildman–Crippen LogP) is 2.14. The lowest BCUT2D eigenvalue weighted by atomic mass is 10.1. The minimum atomic E-state index is -0.425. The summed E-state index contributed by atoms with van der Waals surface area (Å²) in [7, 11) is 1.55. The number of aliphatic imine (C=N–C) groups is 2. The van der Waals surface area contributed by atoms with Crippen LogP contribution in [0.25, 0.3) is 11.3 Å². The van der Waals surface area contributed by atoms with Crippen molar-refractivity contribution in [3.63, 3.8) is 0 Å². The quantitative estimate of drug-likeness (QED) is 0.509. The molecule has 0 amide bonds. The van der Waals surface area contributed by atoms with Crippen LogP contribution in [0.2, 0.25) is 0 Å².